The van der Waals surface area contributed by atoms with Crippen molar-refractivity contribution in [3.63, 3.8) is 0 Å². The molecule has 2 unspecified atom stereocenters. The van der Waals surface area contributed by atoms with Gasteiger partial charge in [0.05, 0.1) is 13.2 Å². The molecule has 1 fully saturated rings. The summed E-state index contributed by atoms with van der Waals surface area (Å²) in [4.78, 5) is 0. The summed E-state index contributed by atoms with van der Waals surface area (Å²) in [6.07, 6.45) is 1.34. The van der Waals surface area contributed by atoms with Crippen molar-refractivity contribution >= 4 is 0 Å². The summed E-state index contributed by atoms with van der Waals surface area (Å²) in [5.74, 6) is 1.84. The third kappa shape index (κ3) is 5.00. The number of methoxy groups -OCH3 is 1. The lowest BCUT2D eigenvalue weighted by atomic mass is 10.2. The maximum absolute atomic E-state index is 9.80. The zero-order valence-electron chi connectivity index (χ0n) is 11.8. The van der Waals surface area contributed by atoms with Gasteiger partial charge in [0, 0.05) is 19.2 Å². The highest BCUT2D eigenvalue weighted by molar-refractivity contribution is 5.32. The second-order valence-corrected chi connectivity index (χ2v) is 5.21. The van der Waals surface area contributed by atoms with E-state index in [2.05, 4.69) is 5.32 Å². The Labute approximate surface area is 119 Å². The summed E-state index contributed by atoms with van der Waals surface area (Å²) in [6, 6.07) is 7.27. The summed E-state index contributed by atoms with van der Waals surface area (Å²) in [6.45, 7) is 1.15. The lowest BCUT2D eigenvalue weighted by molar-refractivity contribution is 0.0965. The molecule has 0 aromatic heterocycles. The van der Waals surface area contributed by atoms with E-state index in [9.17, 15) is 10.2 Å². The summed E-state index contributed by atoms with van der Waals surface area (Å²) >= 11 is 0. The molecule has 2 rings (SSSR count). The van der Waals surface area contributed by atoms with Gasteiger partial charge < -0.3 is 25.0 Å². The van der Waals surface area contributed by atoms with Gasteiger partial charge in [0.1, 0.15) is 24.2 Å². The number of ether oxygens (including phenoxy) is 2. The first-order valence-corrected chi connectivity index (χ1v) is 7.02. The maximum atomic E-state index is 9.80. The molecule has 1 aliphatic rings. The smallest absolute Gasteiger partial charge is 0.123 e. The summed E-state index contributed by atoms with van der Waals surface area (Å²) in [5, 5.41) is 22.5. The quantitative estimate of drug-likeness (QED) is 0.624. The fourth-order valence-corrected chi connectivity index (χ4v) is 1.99. The number of hydrogen-bond acceptors (Lipinski definition) is 5. The molecule has 5 nitrogen and oxygen atoms in total. The first kappa shape index (κ1) is 15.1. The zero-order chi connectivity index (χ0) is 14.4. The van der Waals surface area contributed by atoms with E-state index in [0.29, 0.717) is 24.8 Å². The van der Waals surface area contributed by atoms with Crippen LogP contribution in [0.5, 0.6) is 11.5 Å². The van der Waals surface area contributed by atoms with Crippen LogP contribution in [0.15, 0.2) is 24.3 Å². The minimum atomic E-state index is -0.604. The molecule has 0 spiro atoms. The molecule has 0 heterocycles. The van der Waals surface area contributed by atoms with Crippen LogP contribution in [0.3, 0.4) is 0 Å². The van der Waals surface area contributed by atoms with Crippen LogP contribution in [0.25, 0.3) is 0 Å². The fourth-order valence-electron chi connectivity index (χ4n) is 1.99. The summed E-state index contributed by atoms with van der Waals surface area (Å²) in [7, 11) is 1.60. The molecule has 1 aliphatic carbocycles. The van der Waals surface area contributed by atoms with E-state index in [-0.39, 0.29) is 12.7 Å². The Kier molecular flexibility index (Phi) is 5.64. The highest BCUT2D eigenvalue weighted by Crippen LogP contribution is 2.32. The third-order valence-corrected chi connectivity index (χ3v) is 3.38. The molecule has 1 aromatic carbocycles. The van der Waals surface area contributed by atoms with Gasteiger partial charge in [-0.2, -0.15) is 0 Å². The van der Waals surface area contributed by atoms with Gasteiger partial charge in [0.2, 0.25) is 0 Å². The van der Waals surface area contributed by atoms with Gasteiger partial charge >= 0.3 is 0 Å². The van der Waals surface area contributed by atoms with Gasteiger partial charge in [0.15, 0.2) is 0 Å². The SMILES string of the molecule is COc1cccc(OCC(O)CNCC(O)C2CC2)c1. The first-order valence-electron chi connectivity index (χ1n) is 7.02. The molecule has 0 radical (unpaired) electrons. The summed E-state index contributed by atoms with van der Waals surface area (Å²) < 4.78 is 10.6. The van der Waals surface area contributed by atoms with Gasteiger partial charge in [-0.3, -0.25) is 0 Å². The molecule has 0 saturated heterocycles. The number of benzene rings is 1. The predicted octanol–water partition coefficient (Wildman–Crippen LogP) is 0.795. The Morgan fingerprint density at radius 1 is 1.25 bits per heavy atom. The van der Waals surface area contributed by atoms with Crippen molar-refractivity contribution in [2.75, 3.05) is 26.8 Å². The number of rotatable bonds is 9. The Morgan fingerprint density at radius 2 is 2.00 bits per heavy atom. The molecule has 1 saturated carbocycles. The van der Waals surface area contributed by atoms with Gasteiger partial charge in [-0.05, 0) is 30.9 Å². The molecule has 20 heavy (non-hydrogen) atoms. The van der Waals surface area contributed by atoms with Crippen molar-refractivity contribution in [2.45, 2.75) is 25.0 Å². The predicted molar refractivity (Wildman–Crippen MR) is 76.1 cm³/mol. The third-order valence-electron chi connectivity index (χ3n) is 3.38. The van der Waals surface area contributed by atoms with Gasteiger partial charge in [-0.15, -0.1) is 0 Å². The first-order chi connectivity index (χ1) is 9.69. The molecule has 1 aromatic rings. The normalized spacial score (nSPS) is 17.6. The van der Waals surface area contributed by atoms with Crippen molar-refractivity contribution in [3.8, 4) is 11.5 Å². The van der Waals surface area contributed by atoms with Crippen LogP contribution in [-0.2, 0) is 0 Å². The van der Waals surface area contributed by atoms with Crippen LogP contribution in [0.1, 0.15) is 12.8 Å². The van der Waals surface area contributed by atoms with Crippen molar-refractivity contribution in [1.29, 1.82) is 0 Å². The Balaban J connectivity index is 1.62. The van der Waals surface area contributed by atoms with Crippen molar-refractivity contribution < 1.29 is 19.7 Å². The largest absolute Gasteiger partial charge is 0.497 e. The highest BCUT2D eigenvalue weighted by Gasteiger charge is 2.29. The minimum Gasteiger partial charge on any atom is -0.497 e. The van der Waals surface area contributed by atoms with Crippen LogP contribution in [0.2, 0.25) is 0 Å². The van der Waals surface area contributed by atoms with Crippen LogP contribution >= 0.6 is 0 Å². The molecule has 0 aliphatic heterocycles. The van der Waals surface area contributed by atoms with Crippen molar-refractivity contribution in [1.82, 2.24) is 5.32 Å². The van der Waals surface area contributed by atoms with E-state index < -0.39 is 6.10 Å². The van der Waals surface area contributed by atoms with E-state index >= 15 is 0 Å². The topological polar surface area (TPSA) is 71.0 Å². The molecule has 3 N–H and O–H groups in total. The van der Waals surface area contributed by atoms with Crippen LogP contribution in [-0.4, -0.2) is 49.2 Å². The van der Waals surface area contributed by atoms with E-state index in [1.165, 1.54) is 0 Å². The Bertz CT molecular complexity index is 409. The second kappa shape index (κ2) is 7.47. The molecule has 2 atom stereocenters. The Morgan fingerprint density at radius 3 is 2.70 bits per heavy atom. The average Bonchev–Trinajstić information content (AvgIpc) is 3.30. The van der Waals surface area contributed by atoms with Gasteiger partial charge in [-0.25, -0.2) is 0 Å². The fraction of sp³-hybridized carbons (Fsp3) is 0.600. The lowest BCUT2D eigenvalue weighted by Gasteiger charge is -2.15. The molecule has 0 amide bonds. The molecular weight excluding hydrogens is 258 g/mol. The summed E-state index contributed by atoms with van der Waals surface area (Å²) in [5.41, 5.74) is 0. The number of aliphatic hydroxyl groups excluding tert-OH is 2. The monoisotopic (exact) mass is 281 g/mol. The van der Waals surface area contributed by atoms with Crippen LogP contribution < -0.4 is 14.8 Å². The second-order valence-electron chi connectivity index (χ2n) is 5.21. The highest BCUT2D eigenvalue weighted by atomic mass is 16.5. The Hall–Kier alpha value is -1.30. The van der Waals surface area contributed by atoms with Crippen LogP contribution in [0, 0.1) is 5.92 Å². The standard InChI is InChI=1S/C15H23NO4/c1-19-13-3-2-4-14(7-13)20-10-12(17)8-16-9-15(18)11-5-6-11/h2-4,7,11-12,15-18H,5-6,8-10H2,1H3. The lowest BCUT2D eigenvalue weighted by Crippen LogP contribution is -2.36. The molecule has 0 bridgehead atoms. The van der Waals surface area contributed by atoms with E-state index in [1.54, 1.807) is 13.2 Å². The van der Waals surface area contributed by atoms with Crippen LogP contribution in [0.4, 0.5) is 0 Å². The van der Waals surface area contributed by atoms with Crippen molar-refractivity contribution in [3.05, 3.63) is 24.3 Å². The average molecular weight is 281 g/mol. The van der Waals surface area contributed by atoms with E-state index in [0.717, 1.165) is 18.6 Å². The van der Waals surface area contributed by atoms with E-state index in [4.69, 9.17) is 9.47 Å². The number of hydrogen-bond donors (Lipinski definition) is 3. The minimum absolute atomic E-state index is 0.208. The zero-order valence-corrected chi connectivity index (χ0v) is 11.8. The van der Waals surface area contributed by atoms with Crippen molar-refractivity contribution in [2.24, 2.45) is 5.92 Å². The van der Waals surface area contributed by atoms with Gasteiger partial charge in [0.25, 0.3) is 0 Å². The maximum Gasteiger partial charge on any atom is 0.123 e. The van der Waals surface area contributed by atoms with Gasteiger partial charge in [-0.1, -0.05) is 6.07 Å². The number of aliphatic hydroxyl groups is 2. The number of nitrogens with one attached hydrogen (secondary N) is 1. The van der Waals surface area contributed by atoms with E-state index in [1.807, 2.05) is 18.2 Å². The molecular formula is C15H23NO4. The molecule has 112 valence electrons. The molecule has 5 heteroatoms.